The van der Waals surface area contributed by atoms with Crippen LogP contribution in [0, 0.1) is 5.82 Å². The normalized spacial score (nSPS) is 12.2. The predicted molar refractivity (Wildman–Crippen MR) is 75.7 cm³/mol. The van der Waals surface area contributed by atoms with Gasteiger partial charge in [0.25, 0.3) is 0 Å². The molecule has 0 bridgehead atoms. The van der Waals surface area contributed by atoms with Crippen molar-refractivity contribution in [2.75, 3.05) is 18.5 Å². The van der Waals surface area contributed by atoms with Gasteiger partial charge < -0.3 is 10.0 Å². The summed E-state index contributed by atoms with van der Waals surface area (Å²) in [6.07, 6.45) is 0.0462. The highest BCUT2D eigenvalue weighted by molar-refractivity contribution is 5.46. The molecule has 0 saturated heterocycles. The number of hydrogen-bond donors (Lipinski definition) is 1. The third-order valence-electron chi connectivity index (χ3n) is 3.19. The van der Waals surface area contributed by atoms with Gasteiger partial charge in [0.1, 0.15) is 5.82 Å². The zero-order valence-electron chi connectivity index (χ0n) is 11.0. The van der Waals surface area contributed by atoms with E-state index in [2.05, 4.69) is 0 Å². The lowest BCUT2D eigenvalue weighted by Gasteiger charge is -2.21. The molecular weight excluding hydrogens is 241 g/mol. The van der Waals surface area contributed by atoms with Gasteiger partial charge in [0.2, 0.25) is 0 Å². The SMILES string of the molecule is CN(CCC(O)c1ccccc1)c1ccccc1F. The summed E-state index contributed by atoms with van der Waals surface area (Å²) < 4.78 is 13.6. The number of para-hydroxylation sites is 1. The molecule has 19 heavy (non-hydrogen) atoms. The largest absolute Gasteiger partial charge is 0.388 e. The number of benzene rings is 2. The number of nitrogens with zero attached hydrogens (tertiary/aromatic N) is 1. The summed E-state index contributed by atoms with van der Waals surface area (Å²) in [7, 11) is 1.83. The molecule has 0 saturated carbocycles. The predicted octanol–water partition coefficient (Wildman–Crippen LogP) is 3.39. The smallest absolute Gasteiger partial charge is 0.146 e. The Morgan fingerprint density at radius 3 is 2.37 bits per heavy atom. The molecule has 0 fully saturated rings. The summed E-state index contributed by atoms with van der Waals surface area (Å²) in [5.41, 5.74) is 1.45. The van der Waals surface area contributed by atoms with Crippen molar-refractivity contribution in [3.63, 3.8) is 0 Å². The molecule has 1 atom stereocenters. The van der Waals surface area contributed by atoms with Crippen LogP contribution in [0.3, 0.4) is 0 Å². The van der Waals surface area contributed by atoms with E-state index >= 15 is 0 Å². The molecule has 0 aliphatic rings. The van der Waals surface area contributed by atoms with E-state index in [4.69, 9.17) is 0 Å². The minimum Gasteiger partial charge on any atom is -0.388 e. The standard InChI is InChI=1S/C16H18FNO/c1-18(15-10-6-5-9-14(15)17)12-11-16(19)13-7-3-2-4-8-13/h2-10,16,19H,11-12H2,1H3. The van der Waals surface area contributed by atoms with E-state index < -0.39 is 6.10 Å². The van der Waals surface area contributed by atoms with Crippen LogP contribution in [-0.4, -0.2) is 18.7 Å². The Balaban J connectivity index is 1.94. The van der Waals surface area contributed by atoms with Crippen LogP contribution in [0.2, 0.25) is 0 Å². The molecule has 0 spiro atoms. The molecule has 100 valence electrons. The van der Waals surface area contributed by atoms with Gasteiger partial charge in [-0.25, -0.2) is 4.39 Å². The van der Waals surface area contributed by atoms with Gasteiger partial charge in [-0.3, -0.25) is 0 Å². The molecular formula is C16H18FNO. The monoisotopic (exact) mass is 259 g/mol. The molecule has 0 amide bonds. The Morgan fingerprint density at radius 1 is 1.05 bits per heavy atom. The van der Waals surface area contributed by atoms with Crippen LogP contribution in [-0.2, 0) is 0 Å². The van der Waals surface area contributed by atoms with Gasteiger partial charge in [-0.2, -0.15) is 0 Å². The van der Waals surface area contributed by atoms with Gasteiger partial charge in [0.05, 0.1) is 11.8 Å². The zero-order chi connectivity index (χ0) is 13.7. The van der Waals surface area contributed by atoms with Gasteiger partial charge in [-0.1, -0.05) is 42.5 Å². The van der Waals surface area contributed by atoms with Crippen molar-refractivity contribution in [1.29, 1.82) is 0 Å². The van der Waals surface area contributed by atoms with E-state index in [1.54, 1.807) is 12.1 Å². The van der Waals surface area contributed by atoms with Crippen LogP contribution in [0.25, 0.3) is 0 Å². The summed E-state index contributed by atoms with van der Waals surface area (Å²) in [5.74, 6) is -0.237. The Labute approximate surface area is 113 Å². The van der Waals surface area contributed by atoms with E-state index in [0.29, 0.717) is 18.7 Å². The second kappa shape index (κ2) is 6.34. The van der Waals surface area contributed by atoms with Gasteiger partial charge in [-0.05, 0) is 24.1 Å². The van der Waals surface area contributed by atoms with E-state index in [0.717, 1.165) is 5.56 Å². The first-order valence-corrected chi connectivity index (χ1v) is 6.37. The molecule has 3 heteroatoms. The van der Waals surface area contributed by atoms with Gasteiger partial charge in [-0.15, -0.1) is 0 Å². The summed E-state index contributed by atoms with van der Waals surface area (Å²) in [4.78, 5) is 1.82. The van der Waals surface area contributed by atoms with Crippen molar-refractivity contribution in [2.45, 2.75) is 12.5 Å². The van der Waals surface area contributed by atoms with E-state index in [-0.39, 0.29) is 5.82 Å². The average Bonchev–Trinajstić information content (AvgIpc) is 2.46. The highest BCUT2D eigenvalue weighted by Crippen LogP contribution is 2.20. The van der Waals surface area contributed by atoms with Crippen LogP contribution < -0.4 is 4.90 Å². The van der Waals surface area contributed by atoms with E-state index in [1.165, 1.54) is 6.07 Å². The molecule has 0 aromatic heterocycles. The van der Waals surface area contributed by atoms with Gasteiger partial charge in [0.15, 0.2) is 0 Å². The lowest BCUT2D eigenvalue weighted by molar-refractivity contribution is 0.170. The highest BCUT2D eigenvalue weighted by Gasteiger charge is 2.10. The third kappa shape index (κ3) is 3.55. The van der Waals surface area contributed by atoms with E-state index in [9.17, 15) is 9.50 Å². The minimum atomic E-state index is -0.518. The summed E-state index contributed by atoms with van der Waals surface area (Å²) in [5, 5.41) is 10.1. The zero-order valence-corrected chi connectivity index (χ0v) is 11.0. The molecule has 0 radical (unpaired) electrons. The fourth-order valence-electron chi connectivity index (χ4n) is 2.04. The van der Waals surface area contributed by atoms with Crippen LogP contribution in [0.4, 0.5) is 10.1 Å². The third-order valence-corrected chi connectivity index (χ3v) is 3.19. The molecule has 2 nitrogen and oxygen atoms in total. The van der Waals surface area contributed by atoms with Crippen LogP contribution in [0.5, 0.6) is 0 Å². The molecule has 1 N–H and O–H groups in total. The van der Waals surface area contributed by atoms with Crippen molar-refractivity contribution in [3.05, 3.63) is 66.0 Å². The lowest BCUT2D eigenvalue weighted by Crippen LogP contribution is -2.21. The number of rotatable bonds is 5. The van der Waals surface area contributed by atoms with Gasteiger partial charge in [0, 0.05) is 13.6 Å². The lowest BCUT2D eigenvalue weighted by atomic mass is 10.1. The number of aliphatic hydroxyl groups is 1. The van der Waals surface area contributed by atoms with Crippen molar-refractivity contribution in [2.24, 2.45) is 0 Å². The van der Waals surface area contributed by atoms with Crippen LogP contribution in [0.15, 0.2) is 54.6 Å². The molecule has 1 unspecified atom stereocenters. The Morgan fingerprint density at radius 2 is 1.68 bits per heavy atom. The van der Waals surface area contributed by atoms with Crippen molar-refractivity contribution in [1.82, 2.24) is 0 Å². The Hall–Kier alpha value is -1.87. The molecule has 2 aromatic carbocycles. The number of anilines is 1. The Kier molecular flexibility index (Phi) is 4.53. The van der Waals surface area contributed by atoms with Crippen molar-refractivity contribution < 1.29 is 9.50 Å². The molecule has 2 aromatic rings. The van der Waals surface area contributed by atoms with E-state index in [1.807, 2.05) is 48.3 Å². The van der Waals surface area contributed by atoms with Crippen LogP contribution in [0.1, 0.15) is 18.1 Å². The fourth-order valence-corrected chi connectivity index (χ4v) is 2.04. The topological polar surface area (TPSA) is 23.5 Å². The number of halogens is 1. The summed E-state index contributed by atoms with van der Waals surface area (Å²) >= 11 is 0. The van der Waals surface area contributed by atoms with Crippen molar-refractivity contribution in [3.8, 4) is 0 Å². The summed E-state index contributed by atoms with van der Waals surface area (Å²) in [6, 6.07) is 16.2. The highest BCUT2D eigenvalue weighted by atomic mass is 19.1. The van der Waals surface area contributed by atoms with Gasteiger partial charge >= 0.3 is 0 Å². The second-order valence-corrected chi connectivity index (χ2v) is 4.59. The second-order valence-electron chi connectivity index (χ2n) is 4.59. The maximum absolute atomic E-state index is 13.6. The fraction of sp³-hybridized carbons (Fsp3) is 0.250. The molecule has 2 rings (SSSR count). The maximum atomic E-state index is 13.6. The Bertz CT molecular complexity index is 515. The van der Waals surface area contributed by atoms with Crippen molar-refractivity contribution >= 4 is 5.69 Å². The maximum Gasteiger partial charge on any atom is 0.146 e. The van der Waals surface area contributed by atoms with Crippen LogP contribution >= 0.6 is 0 Å². The number of aliphatic hydroxyl groups excluding tert-OH is 1. The minimum absolute atomic E-state index is 0.237. The average molecular weight is 259 g/mol. The first kappa shape index (κ1) is 13.6. The quantitative estimate of drug-likeness (QED) is 0.889. The first-order chi connectivity index (χ1) is 9.18. The molecule has 0 heterocycles. The summed E-state index contributed by atoms with van der Waals surface area (Å²) in [6.45, 7) is 0.594. The molecule has 0 aliphatic heterocycles. The number of hydrogen-bond acceptors (Lipinski definition) is 2. The molecule has 0 aliphatic carbocycles. The first-order valence-electron chi connectivity index (χ1n) is 6.37.